The van der Waals surface area contributed by atoms with Gasteiger partial charge in [-0.3, -0.25) is 0 Å². The molecule has 1 aliphatic rings. The Kier molecular flexibility index (Phi) is 5.77. The first-order valence-corrected chi connectivity index (χ1v) is 8.44. The van der Waals surface area contributed by atoms with Crippen molar-refractivity contribution in [3.8, 4) is 0 Å². The van der Waals surface area contributed by atoms with Crippen LogP contribution in [-0.4, -0.2) is 6.54 Å². The van der Waals surface area contributed by atoms with Crippen LogP contribution in [0.3, 0.4) is 0 Å². The molecule has 1 fully saturated rings. The standard InChI is InChI=1S/C17H25Cl2N/c1-4-20-17(13-6-11(2)5-12(3)7-13)14-8-15(18)10-16(19)9-14/h8-13,17,20H,4-7H2,1-3H3. The topological polar surface area (TPSA) is 12.0 Å². The Balaban J connectivity index is 2.25. The highest BCUT2D eigenvalue weighted by Crippen LogP contribution is 2.40. The minimum Gasteiger partial charge on any atom is -0.310 e. The number of rotatable bonds is 4. The number of hydrogen-bond donors (Lipinski definition) is 1. The molecule has 0 radical (unpaired) electrons. The molecular formula is C17H25Cl2N. The van der Waals surface area contributed by atoms with Gasteiger partial charge in [0.2, 0.25) is 0 Å². The summed E-state index contributed by atoms with van der Waals surface area (Å²) in [6.07, 6.45) is 3.92. The number of nitrogens with one attached hydrogen (secondary N) is 1. The summed E-state index contributed by atoms with van der Waals surface area (Å²) in [5.74, 6) is 2.28. The maximum atomic E-state index is 6.18. The van der Waals surface area contributed by atoms with Gasteiger partial charge in [-0.15, -0.1) is 0 Å². The second kappa shape index (κ2) is 7.15. The predicted molar refractivity (Wildman–Crippen MR) is 88.5 cm³/mol. The van der Waals surface area contributed by atoms with Crippen molar-refractivity contribution in [1.29, 1.82) is 0 Å². The summed E-state index contributed by atoms with van der Waals surface area (Å²) in [5, 5.41) is 5.10. The molecule has 112 valence electrons. The second-order valence-corrected chi connectivity index (χ2v) is 7.29. The minimum atomic E-state index is 0.362. The lowest BCUT2D eigenvalue weighted by Gasteiger charge is -2.37. The van der Waals surface area contributed by atoms with E-state index in [2.05, 4.69) is 38.2 Å². The molecule has 0 aliphatic heterocycles. The lowest BCUT2D eigenvalue weighted by molar-refractivity contribution is 0.177. The van der Waals surface area contributed by atoms with E-state index >= 15 is 0 Å². The van der Waals surface area contributed by atoms with Crippen LogP contribution in [0.4, 0.5) is 0 Å². The summed E-state index contributed by atoms with van der Waals surface area (Å²) in [6, 6.07) is 6.29. The van der Waals surface area contributed by atoms with Crippen LogP contribution in [0.15, 0.2) is 18.2 Å². The fourth-order valence-electron chi connectivity index (χ4n) is 3.81. The SMILES string of the molecule is CCNC(c1cc(Cl)cc(Cl)c1)C1CC(C)CC(C)C1. The fourth-order valence-corrected chi connectivity index (χ4v) is 4.36. The molecule has 1 aromatic rings. The zero-order valence-electron chi connectivity index (χ0n) is 12.6. The van der Waals surface area contributed by atoms with Gasteiger partial charge in [0.05, 0.1) is 0 Å². The molecule has 3 heteroatoms. The van der Waals surface area contributed by atoms with Gasteiger partial charge < -0.3 is 5.32 Å². The van der Waals surface area contributed by atoms with E-state index in [0.717, 1.165) is 28.4 Å². The van der Waals surface area contributed by atoms with Gasteiger partial charge >= 0.3 is 0 Å². The first-order chi connectivity index (χ1) is 9.49. The molecular weight excluding hydrogens is 289 g/mol. The Bertz CT molecular complexity index is 416. The molecule has 3 atom stereocenters. The maximum absolute atomic E-state index is 6.18. The van der Waals surface area contributed by atoms with Gasteiger partial charge in [0, 0.05) is 16.1 Å². The van der Waals surface area contributed by atoms with E-state index in [9.17, 15) is 0 Å². The van der Waals surface area contributed by atoms with Crippen molar-refractivity contribution < 1.29 is 0 Å². The number of hydrogen-bond acceptors (Lipinski definition) is 1. The van der Waals surface area contributed by atoms with Crippen LogP contribution in [0.25, 0.3) is 0 Å². The summed E-state index contributed by atoms with van der Waals surface area (Å²) in [5.41, 5.74) is 1.23. The zero-order valence-corrected chi connectivity index (χ0v) is 14.1. The predicted octanol–water partition coefficient (Wildman–Crippen LogP) is 5.72. The third-order valence-corrected chi connectivity index (χ3v) is 4.79. The molecule has 1 saturated carbocycles. The average Bonchev–Trinajstić information content (AvgIpc) is 2.33. The molecule has 1 nitrogen and oxygen atoms in total. The fraction of sp³-hybridized carbons (Fsp3) is 0.647. The lowest BCUT2D eigenvalue weighted by atomic mass is 9.72. The number of benzene rings is 1. The molecule has 1 N–H and O–H groups in total. The minimum absolute atomic E-state index is 0.362. The van der Waals surface area contributed by atoms with Gasteiger partial charge in [-0.05, 0) is 67.3 Å². The third kappa shape index (κ3) is 4.13. The Morgan fingerprint density at radius 1 is 1.05 bits per heavy atom. The van der Waals surface area contributed by atoms with Crippen LogP contribution in [-0.2, 0) is 0 Å². The van der Waals surface area contributed by atoms with Gasteiger partial charge in [-0.25, -0.2) is 0 Å². The summed E-state index contributed by atoms with van der Waals surface area (Å²) in [6.45, 7) is 7.87. The molecule has 3 unspecified atom stereocenters. The van der Waals surface area contributed by atoms with E-state index < -0.39 is 0 Å². The Morgan fingerprint density at radius 3 is 2.10 bits per heavy atom. The number of halogens is 2. The Morgan fingerprint density at radius 2 is 1.60 bits per heavy atom. The van der Waals surface area contributed by atoms with Gasteiger partial charge in [0.15, 0.2) is 0 Å². The largest absolute Gasteiger partial charge is 0.310 e. The van der Waals surface area contributed by atoms with Crippen molar-refractivity contribution in [1.82, 2.24) is 5.32 Å². The summed E-state index contributed by atoms with van der Waals surface area (Å²) in [4.78, 5) is 0. The van der Waals surface area contributed by atoms with Crippen LogP contribution in [0.2, 0.25) is 10.0 Å². The molecule has 0 heterocycles. The smallest absolute Gasteiger partial charge is 0.0424 e. The quantitative estimate of drug-likeness (QED) is 0.750. The van der Waals surface area contributed by atoms with E-state index in [0.29, 0.717) is 12.0 Å². The van der Waals surface area contributed by atoms with E-state index in [4.69, 9.17) is 23.2 Å². The molecule has 0 aromatic heterocycles. The van der Waals surface area contributed by atoms with Crippen LogP contribution in [0, 0.1) is 17.8 Å². The summed E-state index contributed by atoms with van der Waals surface area (Å²) >= 11 is 12.4. The molecule has 0 spiro atoms. The van der Waals surface area contributed by atoms with Crippen molar-refractivity contribution in [2.24, 2.45) is 17.8 Å². The Hall–Kier alpha value is -0.240. The highest BCUT2D eigenvalue weighted by molar-refractivity contribution is 6.34. The third-order valence-electron chi connectivity index (χ3n) is 4.35. The van der Waals surface area contributed by atoms with Crippen molar-refractivity contribution >= 4 is 23.2 Å². The zero-order chi connectivity index (χ0) is 14.7. The molecule has 2 rings (SSSR count). The van der Waals surface area contributed by atoms with Gasteiger partial charge in [-0.1, -0.05) is 44.0 Å². The molecule has 0 bridgehead atoms. The molecule has 1 aromatic carbocycles. The Labute approximate surface area is 133 Å². The molecule has 0 saturated heterocycles. The van der Waals surface area contributed by atoms with E-state index in [1.807, 2.05) is 6.07 Å². The normalized spacial score (nSPS) is 28.4. The average molecular weight is 314 g/mol. The first kappa shape index (κ1) is 16.1. The summed E-state index contributed by atoms with van der Waals surface area (Å²) < 4.78 is 0. The van der Waals surface area contributed by atoms with Crippen molar-refractivity contribution in [3.63, 3.8) is 0 Å². The van der Waals surface area contributed by atoms with Gasteiger partial charge in [0.1, 0.15) is 0 Å². The van der Waals surface area contributed by atoms with Crippen molar-refractivity contribution in [2.45, 2.75) is 46.1 Å². The molecule has 1 aliphatic carbocycles. The highest BCUT2D eigenvalue weighted by Gasteiger charge is 2.30. The van der Waals surface area contributed by atoms with E-state index in [-0.39, 0.29) is 0 Å². The molecule has 20 heavy (non-hydrogen) atoms. The van der Waals surface area contributed by atoms with Crippen LogP contribution >= 0.6 is 23.2 Å². The summed E-state index contributed by atoms with van der Waals surface area (Å²) in [7, 11) is 0. The van der Waals surface area contributed by atoms with E-state index in [1.54, 1.807) is 0 Å². The van der Waals surface area contributed by atoms with Crippen LogP contribution in [0.1, 0.15) is 51.6 Å². The first-order valence-electron chi connectivity index (χ1n) is 7.69. The van der Waals surface area contributed by atoms with Crippen molar-refractivity contribution in [3.05, 3.63) is 33.8 Å². The van der Waals surface area contributed by atoms with Gasteiger partial charge in [-0.2, -0.15) is 0 Å². The monoisotopic (exact) mass is 313 g/mol. The second-order valence-electron chi connectivity index (χ2n) is 6.42. The highest BCUT2D eigenvalue weighted by atomic mass is 35.5. The van der Waals surface area contributed by atoms with Crippen LogP contribution in [0.5, 0.6) is 0 Å². The van der Waals surface area contributed by atoms with Crippen LogP contribution < -0.4 is 5.32 Å². The van der Waals surface area contributed by atoms with E-state index in [1.165, 1.54) is 24.8 Å². The van der Waals surface area contributed by atoms with Gasteiger partial charge in [0.25, 0.3) is 0 Å². The lowest BCUT2D eigenvalue weighted by Crippen LogP contribution is -2.33. The molecule has 0 amide bonds. The maximum Gasteiger partial charge on any atom is 0.0424 e. The van der Waals surface area contributed by atoms with Crippen molar-refractivity contribution in [2.75, 3.05) is 6.54 Å².